The van der Waals surface area contributed by atoms with Gasteiger partial charge in [-0.1, -0.05) is 12.1 Å². The summed E-state index contributed by atoms with van der Waals surface area (Å²) >= 11 is 0. The molecule has 0 saturated heterocycles. The van der Waals surface area contributed by atoms with Gasteiger partial charge in [0.1, 0.15) is 5.82 Å². The molecular weight excluding hydrogens is 223 g/mol. The van der Waals surface area contributed by atoms with Crippen molar-refractivity contribution >= 4 is 5.91 Å². The zero-order valence-corrected chi connectivity index (χ0v) is 9.74. The van der Waals surface area contributed by atoms with E-state index in [2.05, 4.69) is 10.6 Å². The molecule has 5 heteroatoms. The summed E-state index contributed by atoms with van der Waals surface area (Å²) in [7, 11) is 1.76. The van der Waals surface area contributed by atoms with Crippen LogP contribution in [0, 0.1) is 5.82 Å². The first-order valence-electron chi connectivity index (χ1n) is 5.48. The van der Waals surface area contributed by atoms with Crippen molar-refractivity contribution in [3.63, 3.8) is 0 Å². The summed E-state index contributed by atoms with van der Waals surface area (Å²) in [6.07, 6.45) is -0.531. The third kappa shape index (κ3) is 4.93. The molecule has 1 aromatic rings. The second-order valence-corrected chi connectivity index (χ2v) is 3.73. The SMILES string of the molecule is CNCCC(=O)NCC(O)c1cccc(F)c1. The number of carbonyl (C=O) groups is 1. The van der Waals surface area contributed by atoms with E-state index >= 15 is 0 Å². The molecule has 4 nitrogen and oxygen atoms in total. The number of rotatable bonds is 6. The molecule has 1 atom stereocenters. The van der Waals surface area contributed by atoms with Gasteiger partial charge >= 0.3 is 0 Å². The number of hydrogen-bond acceptors (Lipinski definition) is 3. The molecule has 1 amide bonds. The lowest BCUT2D eigenvalue weighted by Crippen LogP contribution is -2.30. The van der Waals surface area contributed by atoms with E-state index in [0.29, 0.717) is 18.5 Å². The molecule has 0 aliphatic rings. The summed E-state index contributed by atoms with van der Waals surface area (Å²) in [6.45, 7) is 0.674. The molecule has 1 unspecified atom stereocenters. The lowest BCUT2D eigenvalue weighted by atomic mass is 10.1. The van der Waals surface area contributed by atoms with Crippen LogP contribution in [-0.4, -0.2) is 31.2 Å². The van der Waals surface area contributed by atoms with Crippen molar-refractivity contribution in [3.8, 4) is 0 Å². The maximum Gasteiger partial charge on any atom is 0.221 e. The zero-order valence-electron chi connectivity index (χ0n) is 9.74. The molecule has 0 aliphatic carbocycles. The fourth-order valence-electron chi connectivity index (χ4n) is 1.37. The summed E-state index contributed by atoms with van der Waals surface area (Å²) in [5.74, 6) is -0.544. The first-order chi connectivity index (χ1) is 8.13. The van der Waals surface area contributed by atoms with Crippen LogP contribution in [0.1, 0.15) is 18.1 Å². The van der Waals surface area contributed by atoms with E-state index in [1.54, 1.807) is 13.1 Å². The Kier molecular flexibility index (Phi) is 5.59. The van der Waals surface area contributed by atoms with Gasteiger partial charge in [-0.05, 0) is 24.7 Å². The van der Waals surface area contributed by atoms with Crippen LogP contribution in [0.25, 0.3) is 0 Å². The highest BCUT2D eigenvalue weighted by Crippen LogP contribution is 2.12. The fourth-order valence-corrected chi connectivity index (χ4v) is 1.37. The highest BCUT2D eigenvalue weighted by atomic mass is 19.1. The van der Waals surface area contributed by atoms with E-state index in [4.69, 9.17) is 0 Å². The highest BCUT2D eigenvalue weighted by Gasteiger charge is 2.09. The monoisotopic (exact) mass is 240 g/mol. The Morgan fingerprint density at radius 3 is 2.94 bits per heavy atom. The second kappa shape index (κ2) is 6.98. The van der Waals surface area contributed by atoms with E-state index in [1.807, 2.05) is 0 Å². The number of halogens is 1. The highest BCUT2D eigenvalue weighted by molar-refractivity contribution is 5.76. The van der Waals surface area contributed by atoms with Gasteiger partial charge in [0.2, 0.25) is 5.91 Å². The Bertz CT molecular complexity index is 371. The molecule has 0 aliphatic heterocycles. The van der Waals surface area contributed by atoms with Crippen LogP contribution in [0.15, 0.2) is 24.3 Å². The van der Waals surface area contributed by atoms with Gasteiger partial charge in [-0.15, -0.1) is 0 Å². The van der Waals surface area contributed by atoms with Crippen molar-refractivity contribution in [2.45, 2.75) is 12.5 Å². The summed E-state index contributed by atoms with van der Waals surface area (Å²) in [6, 6.07) is 5.70. The Hall–Kier alpha value is -1.46. The molecule has 0 fully saturated rings. The number of carbonyl (C=O) groups excluding carboxylic acids is 1. The lowest BCUT2D eigenvalue weighted by Gasteiger charge is -2.12. The van der Waals surface area contributed by atoms with Gasteiger partial charge in [-0.3, -0.25) is 4.79 Å². The standard InChI is InChI=1S/C12H17FN2O2/c1-14-6-5-12(17)15-8-11(16)9-3-2-4-10(13)7-9/h2-4,7,11,14,16H,5-6,8H2,1H3,(H,15,17). The largest absolute Gasteiger partial charge is 0.387 e. The van der Waals surface area contributed by atoms with Crippen LogP contribution in [0.4, 0.5) is 4.39 Å². The van der Waals surface area contributed by atoms with Crippen molar-refractivity contribution in [3.05, 3.63) is 35.6 Å². The third-order valence-electron chi connectivity index (χ3n) is 2.33. The van der Waals surface area contributed by atoms with E-state index < -0.39 is 11.9 Å². The second-order valence-electron chi connectivity index (χ2n) is 3.73. The minimum Gasteiger partial charge on any atom is -0.387 e. The molecule has 0 bridgehead atoms. The van der Waals surface area contributed by atoms with E-state index in [0.717, 1.165) is 0 Å². The molecular formula is C12H17FN2O2. The van der Waals surface area contributed by atoms with Gasteiger partial charge in [0.05, 0.1) is 6.10 Å². The summed E-state index contributed by atoms with van der Waals surface area (Å²) in [4.78, 5) is 11.3. The Labute approximate surface area is 99.8 Å². The van der Waals surface area contributed by atoms with Gasteiger partial charge in [-0.25, -0.2) is 4.39 Å². The minimum atomic E-state index is -0.885. The van der Waals surface area contributed by atoms with Crippen molar-refractivity contribution in [1.82, 2.24) is 10.6 Å². The maximum atomic E-state index is 12.9. The Balaban J connectivity index is 2.39. The van der Waals surface area contributed by atoms with Crippen LogP contribution in [0.5, 0.6) is 0 Å². The van der Waals surface area contributed by atoms with E-state index in [1.165, 1.54) is 18.2 Å². The van der Waals surface area contributed by atoms with Crippen molar-refractivity contribution in [2.24, 2.45) is 0 Å². The van der Waals surface area contributed by atoms with E-state index in [9.17, 15) is 14.3 Å². The summed E-state index contributed by atoms with van der Waals surface area (Å²) in [5, 5.41) is 15.2. The first kappa shape index (κ1) is 13.6. The molecule has 3 N–H and O–H groups in total. The number of aliphatic hydroxyl groups excluding tert-OH is 1. The number of nitrogens with one attached hydrogen (secondary N) is 2. The van der Waals surface area contributed by atoms with Gasteiger partial charge in [0.25, 0.3) is 0 Å². The Morgan fingerprint density at radius 1 is 1.53 bits per heavy atom. The number of hydrogen-bond donors (Lipinski definition) is 3. The van der Waals surface area contributed by atoms with Crippen LogP contribution in [0.3, 0.4) is 0 Å². The lowest BCUT2D eigenvalue weighted by molar-refractivity contribution is -0.121. The maximum absolute atomic E-state index is 12.9. The quantitative estimate of drug-likeness (QED) is 0.682. The predicted molar refractivity (Wildman–Crippen MR) is 62.9 cm³/mol. The van der Waals surface area contributed by atoms with E-state index in [-0.39, 0.29) is 12.5 Å². The third-order valence-corrected chi connectivity index (χ3v) is 2.33. The van der Waals surface area contributed by atoms with Crippen molar-refractivity contribution < 1.29 is 14.3 Å². The Morgan fingerprint density at radius 2 is 2.29 bits per heavy atom. The molecule has 0 spiro atoms. The number of benzene rings is 1. The van der Waals surface area contributed by atoms with Crippen molar-refractivity contribution in [1.29, 1.82) is 0 Å². The van der Waals surface area contributed by atoms with Gasteiger partial charge in [-0.2, -0.15) is 0 Å². The molecule has 0 heterocycles. The van der Waals surface area contributed by atoms with Gasteiger partial charge < -0.3 is 15.7 Å². The first-order valence-corrected chi connectivity index (χ1v) is 5.48. The number of aliphatic hydroxyl groups is 1. The molecule has 1 aromatic carbocycles. The normalized spacial score (nSPS) is 12.2. The summed E-state index contributed by atoms with van der Waals surface area (Å²) < 4.78 is 12.9. The molecule has 1 rings (SSSR count). The zero-order chi connectivity index (χ0) is 12.7. The van der Waals surface area contributed by atoms with Crippen molar-refractivity contribution in [2.75, 3.05) is 20.1 Å². The molecule has 0 saturated carbocycles. The predicted octanol–water partition coefficient (Wildman–Crippen LogP) is 0.585. The minimum absolute atomic E-state index is 0.0893. The topological polar surface area (TPSA) is 61.4 Å². The van der Waals surface area contributed by atoms with Gasteiger partial charge in [0.15, 0.2) is 0 Å². The fraction of sp³-hybridized carbons (Fsp3) is 0.417. The number of amides is 1. The molecule has 94 valence electrons. The van der Waals surface area contributed by atoms with Crippen LogP contribution in [0.2, 0.25) is 0 Å². The molecule has 0 aromatic heterocycles. The molecule has 17 heavy (non-hydrogen) atoms. The van der Waals surface area contributed by atoms with Gasteiger partial charge in [0, 0.05) is 19.5 Å². The van der Waals surface area contributed by atoms with Crippen LogP contribution in [-0.2, 0) is 4.79 Å². The average molecular weight is 240 g/mol. The average Bonchev–Trinajstić information content (AvgIpc) is 2.33. The van der Waals surface area contributed by atoms with Crippen LogP contribution < -0.4 is 10.6 Å². The van der Waals surface area contributed by atoms with Crippen LogP contribution >= 0.6 is 0 Å². The smallest absolute Gasteiger partial charge is 0.221 e. The molecule has 0 radical (unpaired) electrons. The summed E-state index contributed by atoms with van der Waals surface area (Å²) in [5.41, 5.74) is 0.457.